The molecule has 1 saturated carbocycles. The van der Waals surface area contributed by atoms with Gasteiger partial charge in [-0.1, -0.05) is 12.5 Å². The summed E-state index contributed by atoms with van der Waals surface area (Å²) in [6, 6.07) is 7.65. The summed E-state index contributed by atoms with van der Waals surface area (Å²) in [7, 11) is 0. The van der Waals surface area contributed by atoms with E-state index < -0.39 is 5.41 Å². The SMILES string of the molecule is O=C(N[C@H]1CCC[C@]2(CCN(c3cccc(F)c3)C2=O)C1)c1ccncn1. The van der Waals surface area contributed by atoms with Crippen LogP contribution in [-0.2, 0) is 4.79 Å². The summed E-state index contributed by atoms with van der Waals surface area (Å²) in [6.07, 6.45) is 6.72. The Kier molecular flexibility index (Phi) is 4.59. The molecule has 0 radical (unpaired) electrons. The molecule has 2 aromatic rings. The van der Waals surface area contributed by atoms with Crippen LogP contribution in [0.2, 0.25) is 0 Å². The number of anilines is 1. The lowest BCUT2D eigenvalue weighted by atomic mass is 9.71. The summed E-state index contributed by atoms with van der Waals surface area (Å²) in [5.41, 5.74) is 0.446. The van der Waals surface area contributed by atoms with Crippen molar-refractivity contribution in [1.29, 1.82) is 0 Å². The van der Waals surface area contributed by atoms with E-state index in [2.05, 4.69) is 15.3 Å². The molecule has 0 bridgehead atoms. The monoisotopic (exact) mass is 368 g/mol. The lowest BCUT2D eigenvalue weighted by Gasteiger charge is -2.36. The summed E-state index contributed by atoms with van der Waals surface area (Å²) in [5.74, 6) is -0.555. The van der Waals surface area contributed by atoms with Crippen molar-refractivity contribution < 1.29 is 14.0 Å². The van der Waals surface area contributed by atoms with E-state index in [1.165, 1.54) is 24.7 Å². The molecule has 1 N–H and O–H groups in total. The first kappa shape index (κ1) is 17.6. The molecule has 1 spiro atoms. The van der Waals surface area contributed by atoms with Crippen LogP contribution >= 0.6 is 0 Å². The van der Waals surface area contributed by atoms with Gasteiger partial charge in [0.05, 0.1) is 5.41 Å². The standard InChI is InChI=1S/C20H21FN4O2/c21-14-3-1-5-16(11-14)25-10-8-20(19(25)27)7-2-4-15(12-20)24-18(26)17-6-9-22-13-23-17/h1,3,5-6,9,11,13,15H,2,4,7-8,10,12H2,(H,24,26)/t15-,20-/m0/s1. The van der Waals surface area contributed by atoms with Gasteiger partial charge in [-0.2, -0.15) is 0 Å². The molecule has 2 aliphatic rings. The minimum absolute atomic E-state index is 0.0362. The van der Waals surface area contributed by atoms with E-state index in [0.29, 0.717) is 24.3 Å². The molecule has 2 atom stereocenters. The van der Waals surface area contributed by atoms with E-state index in [1.54, 1.807) is 23.1 Å². The maximum atomic E-state index is 13.6. The zero-order valence-corrected chi connectivity index (χ0v) is 14.9. The average molecular weight is 368 g/mol. The van der Waals surface area contributed by atoms with Crippen molar-refractivity contribution in [2.75, 3.05) is 11.4 Å². The fourth-order valence-electron chi connectivity index (χ4n) is 4.30. The number of amides is 2. The van der Waals surface area contributed by atoms with Crippen LogP contribution in [0.5, 0.6) is 0 Å². The Morgan fingerprint density at radius 2 is 2.19 bits per heavy atom. The average Bonchev–Trinajstić information content (AvgIpc) is 2.98. The van der Waals surface area contributed by atoms with Gasteiger partial charge in [0.1, 0.15) is 17.8 Å². The van der Waals surface area contributed by atoms with E-state index in [0.717, 1.165) is 25.7 Å². The van der Waals surface area contributed by atoms with Gasteiger partial charge in [-0.25, -0.2) is 14.4 Å². The minimum atomic E-state index is -0.478. The molecule has 7 heteroatoms. The van der Waals surface area contributed by atoms with Crippen molar-refractivity contribution >= 4 is 17.5 Å². The molecule has 6 nitrogen and oxygen atoms in total. The first-order valence-electron chi connectivity index (χ1n) is 9.22. The molecule has 4 rings (SSSR count). The number of carbonyl (C=O) groups excluding carboxylic acids is 2. The summed E-state index contributed by atoms with van der Waals surface area (Å²) >= 11 is 0. The van der Waals surface area contributed by atoms with Crippen molar-refractivity contribution in [1.82, 2.24) is 15.3 Å². The number of nitrogens with one attached hydrogen (secondary N) is 1. The Balaban J connectivity index is 1.47. The molecule has 1 aromatic heterocycles. The molecule has 1 saturated heterocycles. The first-order chi connectivity index (χ1) is 13.1. The van der Waals surface area contributed by atoms with Crippen molar-refractivity contribution in [3.63, 3.8) is 0 Å². The second-order valence-electron chi connectivity index (χ2n) is 7.33. The number of rotatable bonds is 3. The third-order valence-electron chi connectivity index (χ3n) is 5.63. The molecule has 0 unspecified atom stereocenters. The molecule has 2 heterocycles. The van der Waals surface area contributed by atoms with Gasteiger partial charge in [0.15, 0.2) is 0 Å². The Hall–Kier alpha value is -2.83. The van der Waals surface area contributed by atoms with Crippen LogP contribution < -0.4 is 10.2 Å². The second-order valence-corrected chi connectivity index (χ2v) is 7.33. The summed E-state index contributed by atoms with van der Waals surface area (Å²) in [6.45, 7) is 0.578. The maximum Gasteiger partial charge on any atom is 0.270 e. The second kappa shape index (κ2) is 7.06. The Bertz CT molecular complexity index is 860. The van der Waals surface area contributed by atoms with Crippen LogP contribution in [0.3, 0.4) is 0 Å². The number of aromatic nitrogens is 2. The van der Waals surface area contributed by atoms with Crippen LogP contribution in [0.4, 0.5) is 10.1 Å². The quantitative estimate of drug-likeness (QED) is 0.904. The van der Waals surface area contributed by atoms with Crippen LogP contribution in [0.25, 0.3) is 0 Å². The fraction of sp³-hybridized carbons (Fsp3) is 0.400. The van der Waals surface area contributed by atoms with Gasteiger partial charge in [0, 0.05) is 24.5 Å². The van der Waals surface area contributed by atoms with E-state index in [1.807, 2.05) is 0 Å². The summed E-state index contributed by atoms with van der Waals surface area (Å²) in [4.78, 5) is 35.0. The third kappa shape index (κ3) is 3.41. The molecular formula is C20H21FN4O2. The summed E-state index contributed by atoms with van der Waals surface area (Å²) in [5, 5.41) is 3.01. The highest BCUT2D eigenvalue weighted by molar-refractivity contribution is 6.00. The van der Waals surface area contributed by atoms with E-state index >= 15 is 0 Å². The van der Waals surface area contributed by atoms with Gasteiger partial charge in [-0.3, -0.25) is 9.59 Å². The number of hydrogen-bond acceptors (Lipinski definition) is 4. The van der Waals surface area contributed by atoms with Gasteiger partial charge in [0.25, 0.3) is 5.91 Å². The zero-order chi connectivity index (χ0) is 18.9. The van der Waals surface area contributed by atoms with Crippen molar-refractivity contribution in [3.05, 3.63) is 54.4 Å². The van der Waals surface area contributed by atoms with Gasteiger partial charge < -0.3 is 10.2 Å². The Morgan fingerprint density at radius 1 is 1.30 bits per heavy atom. The maximum absolute atomic E-state index is 13.6. The van der Waals surface area contributed by atoms with E-state index in [9.17, 15) is 14.0 Å². The van der Waals surface area contributed by atoms with Crippen LogP contribution in [0.1, 0.15) is 42.6 Å². The van der Waals surface area contributed by atoms with Crippen molar-refractivity contribution in [2.24, 2.45) is 5.41 Å². The van der Waals surface area contributed by atoms with Crippen molar-refractivity contribution in [2.45, 2.75) is 38.1 Å². The van der Waals surface area contributed by atoms with Crippen LogP contribution in [-0.4, -0.2) is 34.4 Å². The van der Waals surface area contributed by atoms with Crippen LogP contribution in [0, 0.1) is 11.2 Å². The first-order valence-corrected chi connectivity index (χ1v) is 9.22. The highest BCUT2D eigenvalue weighted by Crippen LogP contribution is 2.46. The largest absolute Gasteiger partial charge is 0.348 e. The highest BCUT2D eigenvalue weighted by Gasteiger charge is 2.49. The zero-order valence-electron chi connectivity index (χ0n) is 14.9. The third-order valence-corrected chi connectivity index (χ3v) is 5.63. The molecule has 1 aliphatic heterocycles. The fourth-order valence-corrected chi connectivity index (χ4v) is 4.30. The predicted octanol–water partition coefficient (Wildman–Crippen LogP) is 2.71. The molecule has 2 amide bonds. The normalized spacial score (nSPS) is 25.0. The molecule has 1 aliphatic carbocycles. The number of halogens is 1. The van der Waals surface area contributed by atoms with Gasteiger partial charge >= 0.3 is 0 Å². The number of benzene rings is 1. The molecular weight excluding hydrogens is 347 g/mol. The lowest BCUT2D eigenvalue weighted by molar-refractivity contribution is -0.127. The van der Waals surface area contributed by atoms with Crippen LogP contribution in [0.15, 0.2) is 42.9 Å². The number of carbonyl (C=O) groups is 2. The predicted molar refractivity (Wildman–Crippen MR) is 97.6 cm³/mol. The van der Waals surface area contributed by atoms with Gasteiger partial charge in [0.2, 0.25) is 5.91 Å². The Labute approximate surface area is 156 Å². The lowest BCUT2D eigenvalue weighted by Crippen LogP contribution is -2.46. The minimum Gasteiger partial charge on any atom is -0.348 e. The van der Waals surface area contributed by atoms with E-state index in [-0.39, 0.29) is 23.7 Å². The molecule has 140 valence electrons. The summed E-state index contributed by atoms with van der Waals surface area (Å²) < 4.78 is 13.6. The van der Waals surface area contributed by atoms with Gasteiger partial charge in [-0.05, 0) is 49.9 Å². The molecule has 2 fully saturated rings. The number of nitrogens with zero attached hydrogens (tertiary/aromatic N) is 3. The van der Waals surface area contributed by atoms with Crippen molar-refractivity contribution in [3.8, 4) is 0 Å². The smallest absolute Gasteiger partial charge is 0.270 e. The Morgan fingerprint density at radius 3 is 2.96 bits per heavy atom. The topological polar surface area (TPSA) is 75.2 Å². The van der Waals surface area contributed by atoms with E-state index in [4.69, 9.17) is 0 Å². The molecule has 27 heavy (non-hydrogen) atoms. The molecule has 1 aromatic carbocycles. The highest BCUT2D eigenvalue weighted by atomic mass is 19.1. The van der Waals surface area contributed by atoms with Gasteiger partial charge in [-0.15, -0.1) is 0 Å². The number of hydrogen-bond donors (Lipinski definition) is 1.